The summed E-state index contributed by atoms with van der Waals surface area (Å²) in [4.78, 5) is 0. The summed E-state index contributed by atoms with van der Waals surface area (Å²) in [6, 6.07) is 20.1. The molecule has 0 unspecified atom stereocenters. The third-order valence-electron chi connectivity index (χ3n) is 14.3. The Hall–Kier alpha value is -0.0666. The summed E-state index contributed by atoms with van der Waals surface area (Å²) in [5.74, 6) is 0. The van der Waals surface area contributed by atoms with Gasteiger partial charge in [0.15, 0.2) is 0 Å². The van der Waals surface area contributed by atoms with Gasteiger partial charge in [-0.2, -0.15) is 0 Å². The van der Waals surface area contributed by atoms with E-state index in [4.69, 9.17) is 19.4 Å². The molecular weight excluding hydrogens is 846 g/mol. The van der Waals surface area contributed by atoms with Crippen LogP contribution in [0.15, 0.2) is 66.4 Å². The first-order chi connectivity index (χ1) is 27.7. The van der Waals surface area contributed by atoms with Gasteiger partial charge in [-0.25, -0.2) is 0 Å². The summed E-state index contributed by atoms with van der Waals surface area (Å²) in [7, 11) is 12.4. The van der Waals surface area contributed by atoms with Gasteiger partial charge < -0.3 is 0 Å². The van der Waals surface area contributed by atoms with Crippen molar-refractivity contribution in [2.75, 3.05) is 0 Å². The molecule has 2 aromatic carbocycles. The van der Waals surface area contributed by atoms with Gasteiger partial charge in [0.2, 0.25) is 0 Å². The van der Waals surface area contributed by atoms with Gasteiger partial charge in [-0.1, -0.05) is 131 Å². The van der Waals surface area contributed by atoms with Crippen LogP contribution in [0.3, 0.4) is 0 Å². The zero-order valence-corrected chi connectivity index (χ0v) is 40.0. The minimum absolute atomic E-state index is 0.385. The second-order valence-electron chi connectivity index (χ2n) is 18.2. The summed E-state index contributed by atoms with van der Waals surface area (Å²) < 4.78 is 2.93. The van der Waals surface area contributed by atoms with E-state index in [-0.39, 0.29) is 0 Å². The van der Waals surface area contributed by atoms with E-state index in [9.17, 15) is 0 Å². The third-order valence-corrected chi connectivity index (χ3v) is 23.8. The van der Waals surface area contributed by atoms with Gasteiger partial charge in [-0.3, -0.25) is 0 Å². The topological polar surface area (TPSA) is 0 Å². The molecule has 0 heterocycles. The number of benzene rings is 2. The second-order valence-corrected chi connectivity index (χ2v) is 29.6. The van der Waals surface area contributed by atoms with Crippen LogP contribution in [0.4, 0.5) is 0 Å². The Bertz CT molecular complexity index is 1260. The van der Waals surface area contributed by atoms with Crippen LogP contribution in [-0.4, -0.2) is 38.2 Å². The molecule has 0 aromatic heterocycles. The molecule has 0 radical (unpaired) electrons. The van der Waals surface area contributed by atoms with Crippen molar-refractivity contribution >= 4 is 45.1 Å². The summed E-state index contributed by atoms with van der Waals surface area (Å²) in [6.45, 7) is 0. The van der Waals surface area contributed by atoms with Gasteiger partial charge in [0.05, 0.1) is 0 Å². The maximum atomic E-state index is 5.82. The van der Waals surface area contributed by atoms with Gasteiger partial charge in [-0.15, -0.1) is 0 Å². The minimum atomic E-state index is -1.95. The molecule has 0 bridgehead atoms. The van der Waals surface area contributed by atoms with Gasteiger partial charge >= 0.3 is 120 Å². The molecule has 5 heteroatoms. The van der Waals surface area contributed by atoms with Crippen molar-refractivity contribution in [3.05, 3.63) is 77.5 Å². The van der Waals surface area contributed by atoms with Crippen molar-refractivity contribution in [2.24, 2.45) is 0 Å². The molecule has 0 aliphatic heterocycles. The van der Waals surface area contributed by atoms with E-state index in [1.165, 1.54) is 72.5 Å². The predicted octanol–water partition coefficient (Wildman–Crippen LogP) is 17.5. The molecule has 312 valence electrons. The molecule has 56 heavy (non-hydrogen) atoms. The fourth-order valence-corrected chi connectivity index (χ4v) is 21.8. The zero-order chi connectivity index (χ0) is 38.6. The molecule has 0 atom stereocenters. The SMILES string of the molecule is C1CCC(P(C2CCCCC2)C2CCCCC2)CC1.C1CCC(P(C2CCCCC2)C2CCCCC2)CC1.[Cl][Ru]([Cl])=[C]=C=C(c1ccccc1)c1ccccc1. The maximum absolute atomic E-state index is 5.82. The number of hydrogen-bond acceptors (Lipinski definition) is 0. The number of hydrogen-bond donors (Lipinski definition) is 0. The Balaban J connectivity index is 0.000000142. The Morgan fingerprint density at radius 1 is 0.375 bits per heavy atom. The van der Waals surface area contributed by atoms with Crippen LogP contribution in [0.25, 0.3) is 5.57 Å². The van der Waals surface area contributed by atoms with E-state index in [0.29, 0.717) is 15.8 Å². The first-order valence-electron chi connectivity index (χ1n) is 23.7. The zero-order valence-electron chi connectivity index (χ0n) is 35.0. The summed E-state index contributed by atoms with van der Waals surface area (Å²) in [6.07, 6.45) is 47.2. The van der Waals surface area contributed by atoms with E-state index in [0.717, 1.165) is 16.7 Å². The van der Waals surface area contributed by atoms with E-state index in [1.54, 1.807) is 154 Å². The fourth-order valence-electron chi connectivity index (χ4n) is 11.7. The normalized spacial score (nSPS) is 22.9. The fraction of sp³-hybridized carbons (Fsp3) is 0.706. The molecule has 6 saturated carbocycles. The molecule has 0 amide bonds. The molecule has 6 aliphatic carbocycles. The molecule has 8 rings (SSSR count). The molecule has 6 aliphatic rings. The molecule has 0 saturated heterocycles. The molecule has 0 spiro atoms. The van der Waals surface area contributed by atoms with Crippen LogP contribution < -0.4 is 0 Å². The molecule has 0 N–H and O–H groups in total. The van der Waals surface area contributed by atoms with E-state index in [1.807, 2.05) is 60.7 Å². The first kappa shape index (κ1) is 45.5. The van der Waals surface area contributed by atoms with Crippen molar-refractivity contribution in [3.8, 4) is 0 Å². The van der Waals surface area contributed by atoms with Crippen molar-refractivity contribution < 1.29 is 13.5 Å². The van der Waals surface area contributed by atoms with Crippen LogP contribution >= 0.6 is 35.2 Å². The quantitative estimate of drug-likeness (QED) is 0.141. The van der Waals surface area contributed by atoms with Crippen molar-refractivity contribution in [1.82, 2.24) is 0 Å². The molecule has 2 aromatic rings. The van der Waals surface area contributed by atoms with Crippen LogP contribution in [0.1, 0.15) is 204 Å². The van der Waals surface area contributed by atoms with E-state index < -0.39 is 13.5 Å². The van der Waals surface area contributed by atoms with Crippen LogP contribution in [0, 0.1) is 0 Å². The Labute approximate surface area is 360 Å². The molecule has 0 nitrogen and oxygen atoms in total. The van der Waals surface area contributed by atoms with Crippen LogP contribution in [-0.2, 0) is 13.5 Å². The Kier molecular flexibility index (Phi) is 21.4. The average molecular weight is 923 g/mol. The van der Waals surface area contributed by atoms with Crippen molar-refractivity contribution in [1.29, 1.82) is 0 Å². The monoisotopic (exact) mass is 922 g/mol. The summed E-state index contributed by atoms with van der Waals surface area (Å²) in [5.41, 5.74) is 13.4. The van der Waals surface area contributed by atoms with Gasteiger partial charge in [0, 0.05) is 0 Å². The van der Waals surface area contributed by atoms with Crippen molar-refractivity contribution in [2.45, 2.75) is 227 Å². The first-order valence-corrected chi connectivity index (χ1v) is 32.2. The van der Waals surface area contributed by atoms with E-state index >= 15 is 0 Å². The standard InChI is InChI=1S/2C18H33P.C15H10.2ClH.Ru/c2*1-4-10-16(11-5-1)19(17-12-6-2-7-13-17)18-14-8-3-9-15-18;1-2-15(13-9-5-3-6-10-13)14-11-7-4-8-12-14;;;/h2*16-18H,1-15H2;3-12H;2*1H;/q;;;;;+2/p-2. The number of halogens is 2. The molecule has 6 fully saturated rings. The average Bonchev–Trinajstić information content (AvgIpc) is 3.27. The number of rotatable bonds is 8. The van der Waals surface area contributed by atoms with E-state index in [2.05, 4.69) is 10.00 Å². The predicted molar refractivity (Wildman–Crippen MR) is 251 cm³/mol. The Morgan fingerprint density at radius 2 is 0.607 bits per heavy atom. The Morgan fingerprint density at radius 3 is 0.821 bits per heavy atom. The summed E-state index contributed by atoms with van der Waals surface area (Å²) >= 11 is -1.95. The van der Waals surface area contributed by atoms with Crippen LogP contribution in [0.5, 0.6) is 0 Å². The van der Waals surface area contributed by atoms with Gasteiger partial charge in [-0.05, 0) is 111 Å². The summed E-state index contributed by atoms with van der Waals surface area (Å²) in [5, 5.41) is 0. The second kappa shape index (κ2) is 26.3. The van der Waals surface area contributed by atoms with Crippen LogP contribution in [0.2, 0.25) is 0 Å². The third kappa shape index (κ3) is 14.8. The van der Waals surface area contributed by atoms with Gasteiger partial charge in [0.1, 0.15) is 0 Å². The van der Waals surface area contributed by atoms with Crippen molar-refractivity contribution in [3.63, 3.8) is 0 Å². The molecular formula is C51H76Cl2P2Ru. The van der Waals surface area contributed by atoms with Gasteiger partial charge in [0.25, 0.3) is 0 Å².